The maximum Gasteiger partial charge on any atom is 0.271 e. The van der Waals surface area contributed by atoms with E-state index in [1.165, 1.54) is 25.7 Å². The highest BCUT2D eigenvalue weighted by Crippen LogP contribution is 2.49. The zero-order valence-electron chi connectivity index (χ0n) is 11.2. The Labute approximate surface area is 113 Å². The fourth-order valence-corrected chi connectivity index (χ4v) is 2.67. The van der Waals surface area contributed by atoms with E-state index in [2.05, 4.69) is 20.8 Å². The molecule has 2 aliphatic carbocycles. The van der Waals surface area contributed by atoms with Crippen LogP contribution in [-0.2, 0) is 0 Å². The van der Waals surface area contributed by atoms with Gasteiger partial charge < -0.3 is 10.6 Å². The Hall–Kier alpha value is -1.65. The molecule has 0 atom stereocenters. The summed E-state index contributed by atoms with van der Waals surface area (Å²) < 4.78 is 0. The van der Waals surface area contributed by atoms with E-state index in [0.717, 1.165) is 30.1 Å². The number of anilines is 1. The molecule has 0 aromatic carbocycles. The van der Waals surface area contributed by atoms with Gasteiger partial charge in [0.25, 0.3) is 5.91 Å². The van der Waals surface area contributed by atoms with Crippen molar-refractivity contribution >= 4 is 11.7 Å². The maximum atomic E-state index is 11.4. The van der Waals surface area contributed by atoms with Crippen molar-refractivity contribution < 1.29 is 4.79 Å². The lowest BCUT2D eigenvalue weighted by atomic mass is 9.98. The molecule has 3 rings (SSSR count). The number of rotatable bonds is 6. The van der Waals surface area contributed by atoms with Gasteiger partial charge in [-0.1, -0.05) is 0 Å². The predicted molar refractivity (Wildman–Crippen MR) is 72.8 cm³/mol. The average Bonchev–Trinajstić information content (AvgIpc) is 3.31. The molecular weight excluding hydrogens is 240 g/mol. The topological polar surface area (TPSA) is 66.9 Å². The van der Waals surface area contributed by atoms with Gasteiger partial charge in [-0.25, -0.2) is 0 Å². The second kappa shape index (κ2) is 5.15. The van der Waals surface area contributed by atoms with Crippen LogP contribution in [0, 0.1) is 17.8 Å². The fourth-order valence-electron chi connectivity index (χ4n) is 2.67. The van der Waals surface area contributed by atoms with Crippen LogP contribution in [0.15, 0.2) is 12.1 Å². The van der Waals surface area contributed by atoms with E-state index in [0.29, 0.717) is 5.69 Å². The van der Waals surface area contributed by atoms with Crippen molar-refractivity contribution in [1.29, 1.82) is 0 Å². The summed E-state index contributed by atoms with van der Waals surface area (Å²) in [6.45, 7) is 0.989. The quantitative estimate of drug-likeness (QED) is 0.816. The number of nitrogens with one attached hydrogen (secondary N) is 2. The van der Waals surface area contributed by atoms with E-state index >= 15 is 0 Å². The Bertz CT molecular complexity index is 439. The first-order valence-corrected chi connectivity index (χ1v) is 7.07. The fraction of sp³-hybridized carbons (Fsp3) is 0.643. The van der Waals surface area contributed by atoms with Crippen LogP contribution in [0.2, 0.25) is 0 Å². The largest absolute Gasteiger partial charge is 0.368 e. The van der Waals surface area contributed by atoms with Crippen LogP contribution >= 0.6 is 0 Å². The highest BCUT2D eigenvalue weighted by molar-refractivity contribution is 5.91. The number of amides is 1. The summed E-state index contributed by atoms with van der Waals surface area (Å²) in [5.41, 5.74) is 0.356. The minimum Gasteiger partial charge on any atom is -0.368 e. The molecular formula is C14H20N4O. The normalized spacial score (nSPS) is 18.4. The first-order chi connectivity index (χ1) is 9.28. The van der Waals surface area contributed by atoms with Gasteiger partial charge >= 0.3 is 0 Å². The third kappa shape index (κ3) is 3.03. The minimum absolute atomic E-state index is 0.201. The van der Waals surface area contributed by atoms with Crippen molar-refractivity contribution in [1.82, 2.24) is 15.5 Å². The molecule has 1 amide bonds. The van der Waals surface area contributed by atoms with Gasteiger partial charge in [0.15, 0.2) is 5.69 Å². The lowest BCUT2D eigenvalue weighted by Crippen LogP contribution is -2.21. The lowest BCUT2D eigenvalue weighted by Gasteiger charge is -2.16. The molecule has 0 radical (unpaired) electrons. The Morgan fingerprint density at radius 3 is 2.42 bits per heavy atom. The zero-order chi connectivity index (χ0) is 13.2. The number of aromatic nitrogens is 2. The Morgan fingerprint density at radius 2 is 1.95 bits per heavy atom. The van der Waals surface area contributed by atoms with Crippen molar-refractivity contribution in [3.8, 4) is 0 Å². The Balaban J connectivity index is 1.55. The van der Waals surface area contributed by atoms with Crippen molar-refractivity contribution in [3.63, 3.8) is 0 Å². The van der Waals surface area contributed by atoms with Gasteiger partial charge in [-0.3, -0.25) is 4.79 Å². The number of carbonyl (C=O) groups is 1. The van der Waals surface area contributed by atoms with E-state index in [1.807, 2.05) is 6.07 Å². The summed E-state index contributed by atoms with van der Waals surface area (Å²) >= 11 is 0. The predicted octanol–water partition coefficient (Wildman–Crippen LogP) is 1.68. The molecule has 0 bridgehead atoms. The van der Waals surface area contributed by atoms with Crippen LogP contribution < -0.4 is 10.6 Å². The van der Waals surface area contributed by atoms with Crippen LogP contribution in [0.1, 0.15) is 36.2 Å². The van der Waals surface area contributed by atoms with Gasteiger partial charge in [0.2, 0.25) is 0 Å². The SMILES string of the molecule is CNC(=O)c1ccc(NCC(C2CC2)C2CC2)nn1. The summed E-state index contributed by atoms with van der Waals surface area (Å²) in [6.07, 6.45) is 5.57. The van der Waals surface area contributed by atoms with Crippen molar-refractivity contribution in [3.05, 3.63) is 17.8 Å². The van der Waals surface area contributed by atoms with Crippen LogP contribution in [0.5, 0.6) is 0 Å². The van der Waals surface area contributed by atoms with Crippen LogP contribution in [0.3, 0.4) is 0 Å². The third-order valence-corrected chi connectivity index (χ3v) is 4.10. The standard InChI is InChI=1S/C14H20N4O/c1-15-14(19)12-6-7-13(18-17-12)16-8-11(9-2-3-9)10-4-5-10/h6-7,9-11H,2-5,8H2,1H3,(H,15,19)(H,16,18). The lowest BCUT2D eigenvalue weighted by molar-refractivity contribution is 0.0957. The highest BCUT2D eigenvalue weighted by atomic mass is 16.1. The summed E-state index contributed by atoms with van der Waals surface area (Å²) in [4.78, 5) is 11.4. The van der Waals surface area contributed by atoms with Gasteiger partial charge in [0.1, 0.15) is 5.82 Å². The highest BCUT2D eigenvalue weighted by Gasteiger charge is 2.41. The summed E-state index contributed by atoms with van der Waals surface area (Å²) in [7, 11) is 1.59. The molecule has 19 heavy (non-hydrogen) atoms. The van der Waals surface area contributed by atoms with Crippen LogP contribution in [0.25, 0.3) is 0 Å². The molecule has 0 unspecified atom stereocenters. The second-order valence-electron chi connectivity index (χ2n) is 5.60. The van der Waals surface area contributed by atoms with E-state index in [4.69, 9.17) is 0 Å². The summed E-state index contributed by atoms with van der Waals surface area (Å²) in [5.74, 6) is 3.23. The molecule has 1 aromatic heterocycles. The van der Waals surface area contributed by atoms with Gasteiger partial charge in [-0.2, -0.15) is 0 Å². The average molecular weight is 260 g/mol. The molecule has 0 aliphatic heterocycles. The van der Waals surface area contributed by atoms with Gasteiger partial charge in [-0.15, -0.1) is 10.2 Å². The van der Waals surface area contributed by atoms with E-state index in [9.17, 15) is 4.79 Å². The second-order valence-corrected chi connectivity index (χ2v) is 5.60. The summed E-state index contributed by atoms with van der Waals surface area (Å²) in [5, 5.41) is 13.9. The Kier molecular flexibility index (Phi) is 3.36. The van der Waals surface area contributed by atoms with Crippen molar-refractivity contribution in [2.24, 2.45) is 17.8 Å². The van der Waals surface area contributed by atoms with E-state index in [-0.39, 0.29) is 5.91 Å². The minimum atomic E-state index is -0.201. The van der Waals surface area contributed by atoms with Crippen molar-refractivity contribution in [2.45, 2.75) is 25.7 Å². The zero-order valence-corrected chi connectivity index (χ0v) is 11.2. The molecule has 2 aliphatic rings. The van der Waals surface area contributed by atoms with Crippen LogP contribution in [0.4, 0.5) is 5.82 Å². The number of nitrogens with zero attached hydrogens (tertiary/aromatic N) is 2. The molecule has 1 aromatic rings. The molecule has 102 valence electrons. The molecule has 5 nitrogen and oxygen atoms in total. The summed E-state index contributed by atoms with van der Waals surface area (Å²) in [6, 6.07) is 3.53. The molecule has 1 heterocycles. The number of hydrogen-bond donors (Lipinski definition) is 2. The molecule has 0 spiro atoms. The van der Waals surface area contributed by atoms with Gasteiger partial charge in [0.05, 0.1) is 0 Å². The molecule has 0 saturated heterocycles. The molecule has 2 N–H and O–H groups in total. The molecule has 5 heteroatoms. The van der Waals surface area contributed by atoms with Gasteiger partial charge in [-0.05, 0) is 55.6 Å². The number of hydrogen-bond acceptors (Lipinski definition) is 4. The Morgan fingerprint density at radius 1 is 1.26 bits per heavy atom. The van der Waals surface area contributed by atoms with Crippen LogP contribution in [-0.4, -0.2) is 29.7 Å². The smallest absolute Gasteiger partial charge is 0.271 e. The van der Waals surface area contributed by atoms with Crippen molar-refractivity contribution in [2.75, 3.05) is 18.9 Å². The number of carbonyl (C=O) groups excluding carboxylic acids is 1. The maximum absolute atomic E-state index is 11.4. The van der Waals surface area contributed by atoms with E-state index < -0.39 is 0 Å². The monoisotopic (exact) mass is 260 g/mol. The first kappa shape index (κ1) is 12.4. The molecule has 2 saturated carbocycles. The van der Waals surface area contributed by atoms with Gasteiger partial charge in [0, 0.05) is 13.6 Å². The third-order valence-electron chi connectivity index (χ3n) is 4.10. The van der Waals surface area contributed by atoms with E-state index in [1.54, 1.807) is 13.1 Å². The molecule has 2 fully saturated rings. The first-order valence-electron chi connectivity index (χ1n) is 7.07.